The fraction of sp³-hybridized carbons (Fsp3) is 0.167. The summed E-state index contributed by atoms with van der Waals surface area (Å²) in [4.78, 5) is 4.42. The van der Waals surface area contributed by atoms with Gasteiger partial charge >= 0.3 is 0 Å². The van der Waals surface area contributed by atoms with Gasteiger partial charge in [-0.2, -0.15) is 0 Å². The van der Waals surface area contributed by atoms with Crippen molar-refractivity contribution in [2.45, 2.75) is 11.8 Å². The van der Waals surface area contributed by atoms with Gasteiger partial charge in [-0.1, -0.05) is 84.9 Å². The van der Waals surface area contributed by atoms with Crippen molar-refractivity contribution in [2.24, 2.45) is 0 Å². The minimum Gasteiger partial charge on any atom is -0.378 e. The van der Waals surface area contributed by atoms with Crippen LogP contribution >= 0.6 is 0 Å². The Morgan fingerprint density at radius 1 is 0.447 bits per heavy atom. The molecule has 186 valence electrons. The van der Waals surface area contributed by atoms with E-state index < -0.39 is 5.41 Å². The number of benzene rings is 5. The SMILES string of the molecule is CN(C)c1ccc2c(c1)Cc1cc(N(C)C)ccc1C21c2ccccc2-c2ccccc2-c2ccccc21. The second kappa shape index (κ2) is 8.36. The molecule has 38 heavy (non-hydrogen) atoms. The Balaban J connectivity index is 1.70. The molecule has 2 nitrogen and oxygen atoms in total. The van der Waals surface area contributed by atoms with Gasteiger partial charge in [-0.05, 0) is 86.3 Å². The highest BCUT2D eigenvalue weighted by molar-refractivity contribution is 5.93. The zero-order chi connectivity index (χ0) is 26.0. The van der Waals surface area contributed by atoms with Gasteiger partial charge < -0.3 is 9.80 Å². The van der Waals surface area contributed by atoms with E-state index in [4.69, 9.17) is 0 Å². The van der Waals surface area contributed by atoms with Crippen molar-refractivity contribution in [3.05, 3.63) is 143 Å². The third kappa shape index (κ3) is 3.07. The normalized spacial score (nSPS) is 13.9. The first kappa shape index (κ1) is 22.9. The number of nitrogens with zero attached hydrogens (tertiary/aromatic N) is 2. The molecule has 0 saturated heterocycles. The first-order valence-electron chi connectivity index (χ1n) is 13.4. The molecule has 0 heterocycles. The second-order valence-electron chi connectivity index (χ2n) is 11.0. The fourth-order valence-corrected chi connectivity index (χ4v) is 6.86. The monoisotopic (exact) mass is 492 g/mol. The Kier molecular flexibility index (Phi) is 5.03. The van der Waals surface area contributed by atoms with E-state index in [1.165, 1.54) is 67.0 Å². The van der Waals surface area contributed by atoms with E-state index in [0.29, 0.717) is 0 Å². The summed E-state index contributed by atoms with van der Waals surface area (Å²) in [6, 6.07) is 41.3. The molecule has 0 atom stereocenters. The highest BCUT2D eigenvalue weighted by Gasteiger charge is 2.47. The van der Waals surface area contributed by atoms with E-state index in [1.54, 1.807) is 0 Å². The van der Waals surface area contributed by atoms with Gasteiger partial charge in [-0.25, -0.2) is 0 Å². The Hall–Kier alpha value is -4.30. The van der Waals surface area contributed by atoms with E-state index in [0.717, 1.165) is 6.42 Å². The highest BCUT2D eigenvalue weighted by Crippen LogP contribution is 2.58. The molecule has 0 N–H and O–H groups in total. The van der Waals surface area contributed by atoms with Gasteiger partial charge in [0.05, 0.1) is 5.41 Å². The van der Waals surface area contributed by atoms with Crippen LogP contribution < -0.4 is 9.80 Å². The van der Waals surface area contributed by atoms with Crippen LogP contribution in [0.2, 0.25) is 0 Å². The number of anilines is 2. The summed E-state index contributed by atoms with van der Waals surface area (Å²) in [5, 5.41) is 0. The van der Waals surface area contributed by atoms with E-state index >= 15 is 0 Å². The standard InChI is InChI=1S/C36H32N2/c1-37(2)26-17-19-32-24(22-26)21-25-23-27(38(3)4)18-20-33(25)36(32)34-15-9-7-13-30(34)28-11-5-6-12-29(28)31-14-8-10-16-35(31)36/h5-20,22-23H,21H2,1-4H3. The highest BCUT2D eigenvalue weighted by atomic mass is 15.1. The molecule has 0 radical (unpaired) electrons. The number of hydrogen-bond acceptors (Lipinski definition) is 2. The molecule has 2 heteroatoms. The van der Waals surface area contributed by atoms with E-state index in [1.807, 2.05) is 0 Å². The average molecular weight is 493 g/mol. The summed E-state index contributed by atoms with van der Waals surface area (Å²) < 4.78 is 0. The number of hydrogen-bond donors (Lipinski definition) is 0. The van der Waals surface area contributed by atoms with Gasteiger partial charge in [0.25, 0.3) is 0 Å². The molecule has 0 amide bonds. The van der Waals surface area contributed by atoms with Crippen molar-refractivity contribution in [3.63, 3.8) is 0 Å². The molecule has 2 aliphatic rings. The van der Waals surface area contributed by atoms with Crippen LogP contribution in [0.5, 0.6) is 0 Å². The van der Waals surface area contributed by atoms with Crippen LogP contribution in [0.1, 0.15) is 33.4 Å². The second-order valence-corrected chi connectivity index (χ2v) is 11.0. The summed E-state index contributed by atoms with van der Waals surface area (Å²) in [6.07, 6.45) is 0.924. The maximum absolute atomic E-state index is 2.41. The van der Waals surface area contributed by atoms with Gasteiger partial charge in [0.2, 0.25) is 0 Å². The molecule has 1 spiro atoms. The smallest absolute Gasteiger partial charge is 0.0719 e. The van der Waals surface area contributed by atoms with Gasteiger partial charge in [0, 0.05) is 39.6 Å². The van der Waals surface area contributed by atoms with Crippen LogP contribution in [0.25, 0.3) is 22.3 Å². The fourth-order valence-electron chi connectivity index (χ4n) is 6.86. The zero-order valence-electron chi connectivity index (χ0n) is 22.5. The molecule has 2 aliphatic carbocycles. The predicted molar refractivity (Wildman–Crippen MR) is 161 cm³/mol. The van der Waals surface area contributed by atoms with Crippen molar-refractivity contribution in [1.82, 2.24) is 0 Å². The van der Waals surface area contributed by atoms with E-state index in [2.05, 4.69) is 147 Å². The minimum absolute atomic E-state index is 0.426. The van der Waals surface area contributed by atoms with Gasteiger partial charge in [-0.15, -0.1) is 0 Å². The molecular formula is C36H32N2. The minimum atomic E-state index is -0.426. The predicted octanol–water partition coefficient (Wildman–Crippen LogP) is 7.75. The summed E-state index contributed by atoms with van der Waals surface area (Å²) in [5.41, 5.74) is 15.6. The Labute approximate surface area is 225 Å². The maximum atomic E-state index is 2.41. The lowest BCUT2D eigenvalue weighted by atomic mass is 9.58. The van der Waals surface area contributed by atoms with E-state index in [9.17, 15) is 0 Å². The Bertz CT molecular complexity index is 1580. The summed E-state index contributed by atoms with van der Waals surface area (Å²) in [7, 11) is 8.52. The van der Waals surface area contributed by atoms with Gasteiger partial charge in [0.15, 0.2) is 0 Å². The van der Waals surface area contributed by atoms with E-state index in [-0.39, 0.29) is 0 Å². The lowest BCUT2D eigenvalue weighted by Gasteiger charge is -2.44. The van der Waals surface area contributed by atoms with Crippen LogP contribution in [0, 0.1) is 0 Å². The van der Waals surface area contributed by atoms with Gasteiger partial charge in [-0.3, -0.25) is 0 Å². The maximum Gasteiger partial charge on any atom is 0.0719 e. The summed E-state index contributed by atoms with van der Waals surface area (Å²) >= 11 is 0. The molecule has 0 aromatic heterocycles. The Morgan fingerprint density at radius 3 is 1.26 bits per heavy atom. The van der Waals surface area contributed by atoms with Crippen LogP contribution in [0.4, 0.5) is 11.4 Å². The zero-order valence-corrected chi connectivity index (χ0v) is 22.5. The molecule has 0 bridgehead atoms. The molecule has 7 rings (SSSR count). The quantitative estimate of drug-likeness (QED) is 0.243. The number of rotatable bonds is 2. The first-order valence-corrected chi connectivity index (χ1v) is 13.4. The van der Waals surface area contributed by atoms with Crippen LogP contribution in [0.3, 0.4) is 0 Å². The third-order valence-corrected chi connectivity index (χ3v) is 8.57. The number of fused-ring (bicyclic) bond motifs is 11. The van der Waals surface area contributed by atoms with Gasteiger partial charge in [0.1, 0.15) is 0 Å². The summed E-state index contributed by atoms with van der Waals surface area (Å²) in [5.74, 6) is 0. The topological polar surface area (TPSA) is 6.48 Å². The molecular weight excluding hydrogens is 460 g/mol. The van der Waals surface area contributed by atoms with Crippen LogP contribution in [0.15, 0.2) is 109 Å². The van der Waals surface area contributed by atoms with Crippen molar-refractivity contribution in [1.29, 1.82) is 0 Å². The van der Waals surface area contributed by atoms with Crippen molar-refractivity contribution in [2.75, 3.05) is 38.0 Å². The molecule has 0 saturated carbocycles. The molecule has 0 unspecified atom stereocenters. The first-order chi connectivity index (χ1) is 18.5. The lowest BCUT2D eigenvalue weighted by molar-refractivity contribution is 0.708. The average Bonchev–Trinajstić information content (AvgIpc) is 3.05. The van der Waals surface area contributed by atoms with Crippen molar-refractivity contribution in [3.8, 4) is 22.3 Å². The molecule has 5 aromatic carbocycles. The van der Waals surface area contributed by atoms with Crippen LogP contribution in [-0.2, 0) is 11.8 Å². The van der Waals surface area contributed by atoms with Crippen molar-refractivity contribution < 1.29 is 0 Å². The third-order valence-electron chi connectivity index (χ3n) is 8.57. The van der Waals surface area contributed by atoms with Crippen molar-refractivity contribution >= 4 is 11.4 Å². The lowest BCUT2D eigenvalue weighted by Crippen LogP contribution is -2.37. The largest absolute Gasteiger partial charge is 0.378 e. The Morgan fingerprint density at radius 2 is 0.842 bits per heavy atom. The molecule has 0 aliphatic heterocycles. The summed E-state index contributed by atoms with van der Waals surface area (Å²) in [6.45, 7) is 0. The van der Waals surface area contributed by atoms with Crippen LogP contribution in [-0.4, -0.2) is 28.2 Å². The molecule has 5 aromatic rings. The molecule has 0 fully saturated rings.